The minimum atomic E-state index is 0.116. The first-order valence-corrected chi connectivity index (χ1v) is 8.33. The molecule has 1 aromatic carbocycles. The first kappa shape index (κ1) is 14.9. The van der Waals surface area contributed by atoms with Crippen molar-refractivity contribution in [2.75, 3.05) is 13.1 Å². The van der Waals surface area contributed by atoms with Crippen molar-refractivity contribution in [2.45, 2.75) is 18.8 Å². The fraction of sp³-hybridized carbons (Fsp3) is 0.316. The molecule has 5 heteroatoms. The second-order valence-corrected chi connectivity index (χ2v) is 6.40. The number of hydrogen-bond donors (Lipinski definition) is 0. The molecule has 1 aliphatic rings. The second kappa shape index (κ2) is 6.07. The van der Waals surface area contributed by atoms with Gasteiger partial charge >= 0.3 is 0 Å². The van der Waals surface area contributed by atoms with Crippen LogP contribution in [0.2, 0.25) is 0 Å². The van der Waals surface area contributed by atoms with E-state index in [0.717, 1.165) is 48.1 Å². The average molecular weight is 320 g/mol. The van der Waals surface area contributed by atoms with E-state index in [0.29, 0.717) is 5.92 Å². The van der Waals surface area contributed by atoms with Gasteiger partial charge in [0.2, 0.25) is 0 Å². The Labute approximate surface area is 140 Å². The van der Waals surface area contributed by atoms with Crippen LogP contribution in [0.4, 0.5) is 0 Å². The molecule has 0 spiro atoms. The van der Waals surface area contributed by atoms with Crippen LogP contribution in [-0.4, -0.2) is 38.4 Å². The zero-order valence-electron chi connectivity index (χ0n) is 13.7. The molecule has 0 N–H and O–H groups in total. The van der Waals surface area contributed by atoms with Gasteiger partial charge in [0.1, 0.15) is 6.33 Å². The normalized spacial score (nSPS) is 18.0. The maximum atomic E-state index is 13.1. The fourth-order valence-corrected chi connectivity index (χ4v) is 3.63. The van der Waals surface area contributed by atoms with Crippen LogP contribution in [-0.2, 0) is 7.05 Å². The van der Waals surface area contributed by atoms with Crippen molar-refractivity contribution >= 4 is 16.8 Å². The van der Waals surface area contributed by atoms with Crippen molar-refractivity contribution in [1.29, 1.82) is 0 Å². The van der Waals surface area contributed by atoms with Gasteiger partial charge in [-0.15, -0.1) is 0 Å². The monoisotopic (exact) mass is 320 g/mol. The Balaban J connectivity index is 1.62. The van der Waals surface area contributed by atoms with Crippen molar-refractivity contribution < 1.29 is 4.79 Å². The average Bonchev–Trinajstić information content (AvgIpc) is 2.99. The Morgan fingerprint density at radius 1 is 1.25 bits per heavy atom. The molecule has 122 valence electrons. The molecule has 0 aliphatic carbocycles. The fourth-order valence-electron chi connectivity index (χ4n) is 3.63. The van der Waals surface area contributed by atoms with Gasteiger partial charge in [-0.1, -0.05) is 18.2 Å². The van der Waals surface area contributed by atoms with E-state index in [9.17, 15) is 4.79 Å². The lowest BCUT2D eigenvalue weighted by molar-refractivity contribution is 0.0707. The number of nitrogens with zero attached hydrogens (tertiary/aromatic N) is 4. The van der Waals surface area contributed by atoms with Crippen LogP contribution in [0.3, 0.4) is 0 Å². The van der Waals surface area contributed by atoms with E-state index in [4.69, 9.17) is 0 Å². The van der Waals surface area contributed by atoms with Crippen LogP contribution < -0.4 is 0 Å². The number of aryl methyl sites for hydroxylation is 1. The molecule has 3 heterocycles. The Kier molecular flexibility index (Phi) is 3.76. The Morgan fingerprint density at radius 3 is 2.96 bits per heavy atom. The largest absolute Gasteiger partial charge is 0.350 e. The molecule has 1 saturated heterocycles. The van der Waals surface area contributed by atoms with Gasteiger partial charge in [0.05, 0.1) is 5.56 Å². The van der Waals surface area contributed by atoms with Crippen molar-refractivity contribution in [1.82, 2.24) is 19.4 Å². The van der Waals surface area contributed by atoms with Gasteiger partial charge in [-0.05, 0) is 25.0 Å². The Morgan fingerprint density at radius 2 is 2.12 bits per heavy atom. The lowest BCUT2D eigenvalue weighted by Crippen LogP contribution is -2.39. The van der Waals surface area contributed by atoms with Crippen molar-refractivity contribution in [3.8, 4) is 0 Å². The number of aromatic nitrogens is 3. The third-order valence-electron chi connectivity index (χ3n) is 4.86. The quantitative estimate of drug-likeness (QED) is 0.729. The first-order valence-electron chi connectivity index (χ1n) is 8.33. The number of rotatable bonds is 2. The Bertz CT molecular complexity index is 871. The van der Waals surface area contributed by atoms with Crippen molar-refractivity contribution in [2.24, 2.45) is 7.05 Å². The van der Waals surface area contributed by atoms with Gasteiger partial charge in [0.25, 0.3) is 5.91 Å². The van der Waals surface area contributed by atoms with E-state index in [2.05, 4.69) is 9.97 Å². The van der Waals surface area contributed by atoms with Crippen LogP contribution in [0.15, 0.2) is 49.1 Å². The van der Waals surface area contributed by atoms with E-state index in [1.54, 1.807) is 12.5 Å². The minimum absolute atomic E-state index is 0.116. The lowest BCUT2D eigenvalue weighted by Gasteiger charge is -2.32. The zero-order chi connectivity index (χ0) is 16.5. The lowest BCUT2D eigenvalue weighted by atomic mass is 9.94. The first-order chi connectivity index (χ1) is 11.7. The number of para-hydroxylation sites is 1. The second-order valence-electron chi connectivity index (χ2n) is 6.40. The molecular formula is C19H20N4O. The van der Waals surface area contributed by atoms with Crippen LogP contribution in [0, 0.1) is 0 Å². The summed E-state index contributed by atoms with van der Waals surface area (Å²) >= 11 is 0. The van der Waals surface area contributed by atoms with Gasteiger partial charge in [0.15, 0.2) is 0 Å². The standard InChI is InChI=1S/C19H20N4O/c1-22-12-16(15-6-2-3-7-18(15)22)19(24)23-10-4-5-14(11-23)17-8-9-20-13-21-17/h2-3,6-9,12-14H,4-5,10-11H2,1H3/t14-/m0/s1. The van der Waals surface area contributed by atoms with E-state index in [-0.39, 0.29) is 5.91 Å². The summed E-state index contributed by atoms with van der Waals surface area (Å²) in [6, 6.07) is 10.0. The highest BCUT2D eigenvalue weighted by Crippen LogP contribution is 2.28. The van der Waals surface area contributed by atoms with Crippen LogP contribution in [0.1, 0.15) is 34.8 Å². The molecule has 0 unspecified atom stereocenters. The van der Waals surface area contributed by atoms with Crippen molar-refractivity contribution in [3.05, 3.63) is 60.3 Å². The molecule has 0 saturated carbocycles. The van der Waals surface area contributed by atoms with Crippen molar-refractivity contribution in [3.63, 3.8) is 0 Å². The molecule has 0 bridgehead atoms. The number of piperidine rings is 1. The topological polar surface area (TPSA) is 51.0 Å². The van der Waals surface area contributed by atoms with Crippen LogP contribution >= 0.6 is 0 Å². The predicted molar refractivity (Wildman–Crippen MR) is 92.8 cm³/mol. The maximum absolute atomic E-state index is 13.1. The summed E-state index contributed by atoms with van der Waals surface area (Å²) in [5.41, 5.74) is 2.90. The third-order valence-corrected chi connectivity index (χ3v) is 4.86. The minimum Gasteiger partial charge on any atom is -0.350 e. The molecule has 1 amide bonds. The van der Waals surface area contributed by atoms with Gasteiger partial charge < -0.3 is 9.47 Å². The number of hydrogen-bond acceptors (Lipinski definition) is 3. The van der Waals surface area contributed by atoms with Crippen LogP contribution in [0.25, 0.3) is 10.9 Å². The van der Waals surface area contributed by atoms with Gasteiger partial charge in [-0.2, -0.15) is 0 Å². The highest BCUT2D eigenvalue weighted by atomic mass is 16.2. The van der Waals surface area contributed by atoms with Crippen LogP contribution in [0.5, 0.6) is 0 Å². The Hall–Kier alpha value is -2.69. The smallest absolute Gasteiger partial charge is 0.256 e. The number of benzene rings is 1. The van der Waals surface area contributed by atoms with Gasteiger partial charge in [-0.25, -0.2) is 9.97 Å². The van der Waals surface area contributed by atoms with Gasteiger partial charge in [-0.3, -0.25) is 4.79 Å². The summed E-state index contributed by atoms with van der Waals surface area (Å²) in [6.07, 6.45) is 7.37. The number of amides is 1. The molecule has 5 nitrogen and oxygen atoms in total. The summed E-state index contributed by atoms with van der Waals surface area (Å²) in [5.74, 6) is 0.409. The number of carbonyl (C=O) groups excluding carboxylic acids is 1. The molecule has 24 heavy (non-hydrogen) atoms. The van der Waals surface area contributed by atoms with Gasteiger partial charge in [0, 0.05) is 55.0 Å². The molecule has 1 fully saturated rings. The number of carbonyl (C=O) groups is 1. The SMILES string of the molecule is Cn1cc(C(=O)N2CCC[C@H](c3ccncn3)C2)c2ccccc21. The molecule has 4 rings (SSSR count). The van der Waals surface area contributed by atoms with E-state index in [1.807, 2.05) is 53.0 Å². The van der Waals surface area contributed by atoms with E-state index < -0.39 is 0 Å². The molecule has 1 atom stereocenters. The maximum Gasteiger partial charge on any atom is 0.256 e. The highest BCUT2D eigenvalue weighted by molar-refractivity contribution is 6.07. The summed E-state index contributed by atoms with van der Waals surface area (Å²) in [7, 11) is 1.99. The zero-order valence-corrected chi connectivity index (χ0v) is 13.7. The predicted octanol–water partition coefficient (Wildman–Crippen LogP) is 2.99. The number of fused-ring (bicyclic) bond motifs is 1. The van der Waals surface area contributed by atoms with E-state index in [1.165, 1.54) is 0 Å². The molecular weight excluding hydrogens is 300 g/mol. The highest BCUT2D eigenvalue weighted by Gasteiger charge is 2.27. The molecule has 3 aromatic rings. The molecule has 2 aromatic heterocycles. The third kappa shape index (κ3) is 2.56. The molecule has 0 radical (unpaired) electrons. The number of likely N-dealkylation sites (tertiary alicyclic amines) is 1. The summed E-state index contributed by atoms with van der Waals surface area (Å²) in [6.45, 7) is 1.53. The van der Waals surface area contributed by atoms with E-state index >= 15 is 0 Å². The molecule has 1 aliphatic heterocycles. The summed E-state index contributed by atoms with van der Waals surface area (Å²) < 4.78 is 2.02. The summed E-state index contributed by atoms with van der Waals surface area (Å²) in [4.78, 5) is 23.4. The summed E-state index contributed by atoms with van der Waals surface area (Å²) in [5, 5.41) is 1.02.